The molecule has 0 aliphatic rings. The van der Waals surface area contributed by atoms with Gasteiger partial charge in [0.25, 0.3) is 0 Å². The lowest BCUT2D eigenvalue weighted by Crippen LogP contribution is -2.32. The number of esters is 1. The number of methoxy groups -OCH3 is 1. The Kier molecular flexibility index (Phi) is 5.65. The van der Waals surface area contributed by atoms with E-state index in [1.807, 2.05) is 13.8 Å². The van der Waals surface area contributed by atoms with E-state index in [0.717, 1.165) is 0 Å². The summed E-state index contributed by atoms with van der Waals surface area (Å²) in [7, 11) is 1.47. The molecule has 0 unspecified atom stereocenters. The van der Waals surface area contributed by atoms with Gasteiger partial charge in [0.15, 0.2) is 5.78 Å². The highest BCUT2D eigenvalue weighted by Gasteiger charge is 2.26. The van der Waals surface area contributed by atoms with Crippen LogP contribution in [0.15, 0.2) is 0 Å². The van der Waals surface area contributed by atoms with Crippen LogP contribution in [0.1, 0.15) is 41.0 Å². The van der Waals surface area contributed by atoms with Gasteiger partial charge in [-0.1, -0.05) is 13.8 Å². The maximum atomic E-state index is 11.7. The fourth-order valence-corrected chi connectivity index (χ4v) is 1.40. The first-order valence-corrected chi connectivity index (χ1v) is 5.44. The van der Waals surface area contributed by atoms with Crippen molar-refractivity contribution in [2.24, 2.45) is 5.92 Å². The predicted molar refractivity (Wildman–Crippen MR) is 61.1 cm³/mol. The van der Waals surface area contributed by atoms with E-state index in [2.05, 4.69) is 0 Å². The maximum Gasteiger partial charge on any atom is 0.313 e. The molecular formula is C12H22O4. The molecule has 0 aromatic carbocycles. The van der Waals surface area contributed by atoms with Crippen LogP contribution in [0.3, 0.4) is 0 Å². The predicted octanol–water partition coefficient (Wildman–Crippen LogP) is 1.96. The smallest absolute Gasteiger partial charge is 0.313 e. The topological polar surface area (TPSA) is 52.6 Å². The minimum Gasteiger partial charge on any atom is -0.460 e. The Morgan fingerprint density at radius 2 is 1.69 bits per heavy atom. The molecule has 0 aromatic heterocycles. The van der Waals surface area contributed by atoms with Crippen molar-refractivity contribution in [1.29, 1.82) is 0 Å². The van der Waals surface area contributed by atoms with Crippen molar-refractivity contribution >= 4 is 11.8 Å². The molecule has 0 saturated heterocycles. The first kappa shape index (κ1) is 15.1. The SMILES string of the molecule is CO[C@@H](C(=O)CC(=O)OC(C)(C)C)C(C)C. The molecule has 0 aliphatic heterocycles. The second-order valence-electron chi connectivity index (χ2n) is 5.13. The summed E-state index contributed by atoms with van der Waals surface area (Å²) in [6.45, 7) is 9.06. The molecule has 0 N–H and O–H groups in total. The van der Waals surface area contributed by atoms with Crippen LogP contribution in [-0.4, -0.2) is 30.6 Å². The average molecular weight is 230 g/mol. The molecule has 0 saturated carbocycles. The minimum absolute atomic E-state index is 0.0555. The lowest BCUT2D eigenvalue weighted by molar-refractivity contribution is -0.158. The number of carbonyl (C=O) groups excluding carboxylic acids is 2. The van der Waals surface area contributed by atoms with E-state index in [9.17, 15) is 9.59 Å². The van der Waals surface area contributed by atoms with Gasteiger partial charge in [-0.25, -0.2) is 0 Å². The van der Waals surface area contributed by atoms with Gasteiger partial charge in [-0.3, -0.25) is 9.59 Å². The number of carbonyl (C=O) groups is 2. The van der Waals surface area contributed by atoms with Crippen molar-refractivity contribution in [1.82, 2.24) is 0 Å². The average Bonchev–Trinajstić information content (AvgIpc) is 1.99. The zero-order valence-electron chi connectivity index (χ0n) is 11.0. The van der Waals surface area contributed by atoms with E-state index in [1.54, 1.807) is 20.8 Å². The van der Waals surface area contributed by atoms with Crippen molar-refractivity contribution < 1.29 is 19.1 Å². The molecule has 16 heavy (non-hydrogen) atoms. The molecule has 1 atom stereocenters. The van der Waals surface area contributed by atoms with E-state index in [0.29, 0.717) is 0 Å². The lowest BCUT2D eigenvalue weighted by atomic mass is 10.0. The largest absolute Gasteiger partial charge is 0.460 e. The lowest BCUT2D eigenvalue weighted by Gasteiger charge is -2.21. The van der Waals surface area contributed by atoms with Gasteiger partial charge in [-0.05, 0) is 26.7 Å². The molecule has 0 bridgehead atoms. The second kappa shape index (κ2) is 5.99. The number of rotatable bonds is 5. The molecule has 4 nitrogen and oxygen atoms in total. The van der Waals surface area contributed by atoms with E-state index in [-0.39, 0.29) is 18.1 Å². The fourth-order valence-electron chi connectivity index (χ4n) is 1.40. The number of ether oxygens (including phenoxy) is 2. The Balaban J connectivity index is 4.29. The number of Topliss-reactive ketones (excluding diaryl/α,β-unsaturated/α-hetero) is 1. The van der Waals surface area contributed by atoms with Crippen LogP contribution >= 0.6 is 0 Å². The van der Waals surface area contributed by atoms with Crippen molar-refractivity contribution in [3.63, 3.8) is 0 Å². The van der Waals surface area contributed by atoms with Crippen molar-refractivity contribution in [2.45, 2.75) is 52.7 Å². The zero-order chi connectivity index (χ0) is 12.9. The number of hydrogen-bond donors (Lipinski definition) is 0. The molecule has 0 spiro atoms. The van der Waals surface area contributed by atoms with Gasteiger partial charge in [0, 0.05) is 7.11 Å². The van der Waals surface area contributed by atoms with Crippen LogP contribution in [0, 0.1) is 5.92 Å². The molecule has 4 heteroatoms. The second-order valence-corrected chi connectivity index (χ2v) is 5.13. The van der Waals surface area contributed by atoms with Crippen molar-refractivity contribution in [3.05, 3.63) is 0 Å². The van der Waals surface area contributed by atoms with E-state index in [4.69, 9.17) is 9.47 Å². The minimum atomic E-state index is -0.558. The Morgan fingerprint density at radius 1 is 1.19 bits per heavy atom. The third-order valence-electron chi connectivity index (χ3n) is 1.92. The summed E-state index contributed by atoms with van der Waals surface area (Å²) in [6, 6.07) is 0. The summed E-state index contributed by atoms with van der Waals surface area (Å²) in [5.41, 5.74) is -0.558. The van der Waals surface area contributed by atoms with Gasteiger partial charge < -0.3 is 9.47 Å². The summed E-state index contributed by atoms with van der Waals surface area (Å²) < 4.78 is 10.1. The summed E-state index contributed by atoms with van der Waals surface area (Å²) in [5, 5.41) is 0. The van der Waals surface area contributed by atoms with Gasteiger partial charge in [0.1, 0.15) is 18.1 Å². The van der Waals surface area contributed by atoms with E-state index in [1.165, 1.54) is 7.11 Å². The molecule has 0 rings (SSSR count). The van der Waals surface area contributed by atoms with Gasteiger partial charge in [0.2, 0.25) is 0 Å². The van der Waals surface area contributed by atoms with Crippen LogP contribution in [0.25, 0.3) is 0 Å². The van der Waals surface area contributed by atoms with Crippen LogP contribution < -0.4 is 0 Å². The van der Waals surface area contributed by atoms with E-state index >= 15 is 0 Å². The summed E-state index contributed by atoms with van der Waals surface area (Å²) in [4.78, 5) is 23.1. The van der Waals surface area contributed by atoms with Gasteiger partial charge >= 0.3 is 5.97 Å². The molecule has 0 heterocycles. The standard InChI is InChI=1S/C12H22O4/c1-8(2)11(15-6)9(13)7-10(14)16-12(3,4)5/h8,11H,7H2,1-6H3/t11-/m1/s1. The summed E-state index contributed by atoms with van der Waals surface area (Å²) >= 11 is 0. The molecule has 0 fully saturated rings. The van der Waals surface area contributed by atoms with Gasteiger partial charge in [-0.15, -0.1) is 0 Å². The monoisotopic (exact) mass is 230 g/mol. The quantitative estimate of drug-likeness (QED) is 0.535. The Hall–Kier alpha value is -0.900. The highest BCUT2D eigenvalue weighted by molar-refractivity contribution is 5.98. The van der Waals surface area contributed by atoms with Crippen molar-refractivity contribution in [2.75, 3.05) is 7.11 Å². The van der Waals surface area contributed by atoms with Crippen LogP contribution in [0.2, 0.25) is 0 Å². The first-order valence-electron chi connectivity index (χ1n) is 5.44. The van der Waals surface area contributed by atoms with Crippen LogP contribution in [0.5, 0.6) is 0 Å². The normalized spacial score (nSPS) is 13.7. The first-order chi connectivity index (χ1) is 7.17. The molecule has 0 aromatic rings. The Labute approximate surface area is 97.3 Å². The highest BCUT2D eigenvalue weighted by atomic mass is 16.6. The molecule has 0 amide bonds. The maximum absolute atomic E-state index is 11.7. The van der Waals surface area contributed by atoms with Gasteiger partial charge in [0.05, 0.1) is 0 Å². The summed E-state index contributed by atoms with van der Waals surface area (Å²) in [6.07, 6.45) is -0.763. The van der Waals surface area contributed by atoms with Gasteiger partial charge in [-0.2, -0.15) is 0 Å². The molecule has 94 valence electrons. The Bertz CT molecular complexity index is 250. The third kappa shape index (κ3) is 5.85. The summed E-state index contributed by atoms with van der Waals surface area (Å²) in [5.74, 6) is -0.674. The molecular weight excluding hydrogens is 208 g/mol. The number of hydrogen-bond acceptors (Lipinski definition) is 4. The fraction of sp³-hybridized carbons (Fsp3) is 0.833. The number of ketones is 1. The highest BCUT2D eigenvalue weighted by Crippen LogP contribution is 2.12. The van der Waals surface area contributed by atoms with Crippen LogP contribution in [0.4, 0.5) is 0 Å². The molecule has 0 aliphatic carbocycles. The Morgan fingerprint density at radius 3 is 2.00 bits per heavy atom. The molecule has 0 radical (unpaired) electrons. The van der Waals surface area contributed by atoms with Crippen LogP contribution in [-0.2, 0) is 19.1 Å². The zero-order valence-corrected chi connectivity index (χ0v) is 11.0. The van der Waals surface area contributed by atoms with E-state index < -0.39 is 17.7 Å². The van der Waals surface area contributed by atoms with Crippen molar-refractivity contribution in [3.8, 4) is 0 Å². The third-order valence-corrected chi connectivity index (χ3v) is 1.92.